The van der Waals surface area contributed by atoms with Crippen molar-refractivity contribution in [2.24, 2.45) is 4.99 Å². The van der Waals surface area contributed by atoms with Gasteiger partial charge in [-0.15, -0.1) is 24.0 Å². The minimum atomic E-state index is 0. The number of hydrogen-bond donors (Lipinski definition) is 2. The van der Waals surface area contributed by atoms with E-state index in [4.69, 9.17) is 9.73 Å². The molecule has 30 heavy (non-hydrogen) atoms. The molecule has 0 aliphatic carbocycles. The van der Waals surface area contributed by atoms with E-state index in [1.807, 2.05) is 24.0 Å². The predicted molar refractivity (Wildman–Crippen MR) is 134 cm³/mol. The summed E-state index contributed by atoms with van der Waals surface area (Å²) in [6, 6.07) is 8.39. The number of halogens is 1. The molecule has 170 valence electrons. The lowest BCUT2D eigenvalue weighted by molar-refractivity contribution is -0.129. The minimum absolute atomic E-state index is 0. The van der Waals surface area contributed by atoms with Crippen molar-refractivity contribution >= 4 is 35.8 Å². The molecule has 2 N–H and O–H groups in total. The van der Waals surface area contributed by atoms with Gasteiger partial charge >= 0.3 is 0 Å². The lowest BCUT2D eigenvalue weighted by Crippen LogP contribution is -2.45. The Hall–Kier alpha value is -1.55. The predicted octanol–water partition coefficient (Wildman–Crippen LogP) is 2.70. The monoisotopic (exact) mass is 531 g/mol. The van der Waals surface area contributed by atoms with Crippen LogP contribution in [0.2, 0.25) is 0 Å². The smallest absolute Gasteiger partial charge is 0.222 e. The van der Waals surface area contributed by atoms with Gasteiger partial charge in [0, 0.05) is 38.6 Å². The molecule has 0 bridgehead atoms. The number of carbonyl (C=O) groups excluding carboxylic acids is 1. The van der Waals surface area contributed by atoms with Crippen molar-refractivity contribution in [3.05, 3.63) is 29.8 Å². The third-order valence-electron chi connectivity index (χ3n) is 4.89. The third kappa shape index (κ3) is 9.51. The summed E-state index contributed by atoms with van der Waals surface area (Å²) in [5.74, 6) is 1.92. The highest BCUT2D eigenvalue weighted by molar-refractivity contribution is 14.0. The van der Waals surface area contributed by atoms with E-state index < -0.39 is 0 Å². The summed E-state index contributed by atoms with van der Waals surface area (Å²) < 4.78 is 5.78. The molecule has 1 aromatic rings. The van der Waals surface area contributed by atoms with Crippen LogP contribution in [0.15, 0.2) is 29.3 Å². The minimum Gasteiger partial charge on any atom is -0.494 e. The Kier molecular flexibility index (Phi) is 12.8. The molecule has 1 aromatic carbocycles. The van der Waals surface area contributed by atoms with Gasteiger partial charge in [-0.2, -0.15) is 0 Å². The first kappa shape index (κ1) is 26.5. The summed E-state index contributed by atoms with van der Waals surface area (Å²) in [7, 11) is 4.14. The molecule has 8 heteroatoms. The van der Waals surface area contributed by atoms with E-state index in [2.05, 4.69) is 48.7 Å². The average molecular weight is 531 g/mol. The molecule has 7 nitrogen and oxygen atoms in total. The van der Waals surface area contributed by atoms with Crippen LogP contribution in [0.3, 0.4) is 0 Å². The molecule has 1 unspecified atom stereocenters. The number of carbonyl (C=O) groups is 1. The summed E-state index contributed by atoms with van der Waals surface area (Å²) in [4.78, 5) is 20.7. The first-order valence-electron chi connectivity index (χ1n) is 10.7. The lowest BCUT2D eigenvalue weighted by Gasteiger charge is -2.18. The van der Waals surface area contributed by atoms with E-state index in [1.54, 1.807) is 0 Å². The summed E-state index contributed by atoms with van der Waals surface area (Å²) in [6.07, 6.45) is 2.53. The van der Waals surface area contributed by atoms with Crippen LogP contribution >= 0.6 is 24.0 Å². The quantitative estimate of drug-likeness (QED) is 0.210. The van der Waals surface area contributed by atoms with E-state index in [0.717, 1.165) is 62.9 Å². The number of hydrogen-bond acceptors (Lipinski definition) is 4. The Balaban J connectivity index is 0.00000450. The van der Waals surface area contributed by atoms with E-state index in [1.165, 1.54) is 0 Å². The molecule has 2 rings (SSSR count). The molecule has 0 radical (unpaired) electrons. The van der Waals surface area contributed by atoms with E-state index in [0.29, 0.717) is 13.0 Å². The summed E-state index contributed by atoms with van der Waals surface area (Å²) in [5, 5.41) is 6.77. The van der Waals surface area contributed by atoms with Gasteiger partial charge in [-0.1, -0.05) is 19.1 Å². The summed E-state index contributed by atoms with van der Waals surface area (Å²) >= 11 is 0. The highest BCUT2D eigenvalue weighted by atomic mass is 127. The molecular weight excluding hydrogens is 493 g/mol. The van der Waals surface area contributed by atoms with Gasteiger partial charge < -0.3 is 25.2 Å². The number of nitrogens with one attached hydrogen (secondary N) is 2. The van der Waals surface area contributed by atoms with Crippen LogP contribution in [-0.2, 0) is 11.3 Å². The largest absolute Gasteiger partial charge is 0.494 e. The summed E-state index contributed by atoms with van der Waals surface area (Å²) in [6.45, 7) is 8.69. The summed E-state index contributed by atoms with van der Waals surface area (Å²) in [5.41, 5.74) is 1.14. The maximum atomic E-state index is 11.9. The molecule has 1 heterocycles. The van der Waals surface area contributed by atoms with Crippen molar-refractivity contribution in [3.8, 4) is 5.75 Å². The molecule has 0 aromatic heterocycles. The standard InChI is InChI=1S/C22H37N5O2.HI/c1-5-21(28)27-14-12-19(17-27)25-22(23-6-2)24-16-18-8-10-20(11-9-18)29-15-7-13-26(3)4;/h8-11,19H,5-7,12-17H2,1-4H3,(H2,23,24,25);1H. The van der Waals surface area contributed by atoms with Gasteiger partial charge in [0.25, 0.3) is 0 Å². The van der Waals surface area contributed by atoms with Crippen LogP contribution in [-0.4, -0.2) is 74.6 Å². The molecule has 0 saturated carbocycles. The highest BCUT2D eigenvalue weighted by Gasteiger charge is 2.25. The number of aliphatic imine (C=N–C) groups is 1. The van der Waals surface area contributed by atoms with Crippen LogP contribution in [0, 0.1) is 0 Å². The van der Waals surface area contributed by atoms with Crippen molar-refractivity contribution in [3.63, 3.8) is 0 Å². The molecule has 0 spiro atoms. The van der Waals surface area contributed by atoms with Crippen LogP contribution in [0.5, 0.6) is 5.75 Å². The number of amides is 1. The van der Waals surface area contributed by atoms with Crippen LogP contribution in [0.25, 0.3) is 0 Å². The zero-order valence-corrected chi connectivity index (χ0v) is 21.1. The topological polar surface area (TPSA) is 69.2 Å². The Morgan fingerprint density at radius 3 is 2.63 bits per heavy atom. The Morgan fingerprint density at radius 1 is 1.27 bits per heavy atom. The van der Waals surface area contributed by atoms with Crippen molar-refractivity contribution < 1.29 is 9.53 Å². The van der Waals surface area contributed by atoms with Crippen molar-refractivity contribution in [2.75, 3.05) is 46.9 Å². The Labute approximate surface area is 198 Å². The van der Waals surface area contributed by atoms with Crippen molar-refractivity contribution in [1.29, 1.82) is 0 Å². The molecule has 1 saturated heterocycles. The zero-order valence-electron chi connectivity index (χ0n) is 18.8. The molecular formula is C22H38IN5O2. The van der Waals surface area contributed by atoms with Gasteiger partial charge in [-0.05, 0) is 51.6 Å². The SMILES string of the molecule is CCNC(=NCc1ccc(OCCCN(C)C)cc1)NC1CCN(C(=O)CC)C1.I. The Morgan fingerprint density at radius 2 is 2.00 bits per heavy atom. The van der Waals surface area contributed by atoms with Crippen LogP contribution in [0.4, 0.5) is 0 Å². The van der Waals surface area contributed by atoms with E-state index in [9.17, 15) is 4.79 Å². The highest BCUT2D eigenvalue weighted by Crippen LogP contribution is 2.14. The lowest BCUT2D eigenvalue weighted by atomic mass is 10.2. The molecule has 1 amide bonds. The van der Waals surface area contributed by atoms with Gasteiger partial charge in [0.1, 0.15) is 5.75 Å². The zero-order chi connectivity index (χ0) is 21.1. The van der Waals surface area contributed by atoms with E-state index >= 15 is 0 Å². The first-order chi connectivity index (χ1) is 14.0. The van der Waals surface area contributed by atoms with Gasteiger partial charge in [0.2, 0.25) is 5.91 Å². The fraction of sp³-hybridized carbons (Fsp3) is 0.636. The van der Waals surface area contributed by atoms with Gasteiger partial charge in [0.15, 0.2) is 5.96 Å². The first-order valence-corrected chi connectivity index (χ1v) is 10.7. The second-order valence-corrected chi connectivity index (χ2v) is 7.67. The Bertz CT molecular complexity index is 651. The number of rotatable bonds is 10. The number of ether oxygens (including phenoxy) is 1. The number of likely N-dealkylation sites (tertiary alicyclic amines) is 1. The van der Waals surface area contributed by atoms with Gasteiger partial charge in [-0.3, -0.25) is 4.79 Å². The maximum absolute atomic E-state index is 11.9. The second-order valence-electron chi connectivity index (χ2n) is 7.67. The fourth-order valence-corrected chi connectivity index (χ4v) is 3.27. The third-order valence-corrected chi connectivity index (χ3v) is 4.89. The normalized spacial score (nSPS) is 16.4. The number of guanidine groups is 1. The maximum Gasteiger partial charge on any atom is 0.222 e. The molecule has 1 atom stereocenters. The fourth-order valence-electron chi connectivity index (χ4n) is 3.27. The molecule has 1 aliphatic rings. The molecule has 1 fully saturated rings. The van der Waals surface area contributed by atoms with E-state index in [-0.39, 0.29) is 35.9 Å². The molecule has 1 aliphatic heterocycles. The van der Waals surface area contributed by atoms with Crippen molar-refractivity contribution in [1.82, 2.24) is 20.4 Å². The van der Waals surface area contributed by atoms with Crippen LogP contribution < -0.4 is 15.4 Å². The van der Waals surface area contributed by atoms with Crippen molar-refractivity contribution in [2.45, 2.75) is 45.7 Å². The average Bonchev–Trinajstić information content (AvgIpc) is 3.18. The van der Waals surface area contributed by atoms with Gasteiger partial charge in [-0.25, -0.2) is 4.99 Å². The number of benzene rings is 1. The van der Waals surface area contributed by atoms with Crippen LogP contribution in [0.1, 0.15) is 38.7 Å². The number of nitrogens with zero attached hydrogens (tertiary/aromatic N) is 3. The second kappa shape index (κ2) is 14.5. The van der Waals surface area contributed by atoms with Gasteiger partial charge in [0.05, 0.1) is 13.2 Å².